The second kappa shape index (κ2) is 9.08. The van der Waals surface area contributed by atoms with E-state index in [-0.39, 0.29) is 0 Å². The first kappa shape index (κ1) is 16.2. The summed E-state index contributed by atoms with van der Waals surface area (Å²) in [6.07, 6.45) is 15.0. The molecule has 0 saturated heterocycles. The molecule has 0 N–H and O–H groups in total. The number of likely N-dealkylation sites (N-methyl/N-ethyl adjacent to an activating group) is 1. The van der Waals surface area contributed by atoms with Crippen LogP contribution >= 0.6 is 0 Å². The molecule has 1 aliphatic carbocycles. The van der Waals surface area contributed by atoms with E-state index in [4.69, 9.17) is 0 Å². The van der Waals surface area contributed by atoms with Gasteiger partial charge in [0.2, 0.25) is 0 Å². The number of hydrogen-bond acceptors (Lipinski definition) is 2. The monoisotopic (exact) mass is 262 g/mol. The Morgan fingerprint density at radius 1 is 1.21 bits per heavy atom. The Bertz CT molecular complexity index is 320. The Morgan fingerprint density at radius 2 is 1.89 bits per heavy atom. The predicted molar refractivity (Wildman–Crippen MR) is 85.7 cm³/mol. The standard InChI is InChI=1S/C17H30N2/c1-5-8-16(13-18-7-3)14-19(4)17-11-9-15(6-2)10-12-17/h5,7-8,13,15,17H,6,9-12,14H2,1-4H3/b8-5-,16-13+,18-7?. The van der Waals surface area contributed by atoms with Crippen molar-refractivity contribution in [3.8, 4) is 0 Å². The van der Waals surface area contributed by atoms with Crippen LogP contribution in [0.5, 0.6) is 0 Å². The maximum absolute atomic E-state index is 4.25. The van der Waals surface area contributed by atoms with E-state index in [1.807, 2.05) is 19.3 Å². The van der Waals surface area contributed by atoms with Gasteiger partial charge < -0.3 is 0 Å². The van der Waals surface area contributed by atoms with Gasteiger partial charge in [0.1, 0.15) is 0 Å². The van der Waals surface area contributed by atoms with Crippen LogP contribution < -0.4 is 0 Å². The van der Waals surface area contributed by atoms with E-state index in [2.05, 4.69) is 42.9 Å². The second-order valence-corrected chi connectivity index (χ2v) is 5.61. The minimum Gasteiger partial charge on any atom is -0.299 e. The van der Waals surface area contributed by atoms with Gasteiger partial charge >= 0.3 is 0 Å². The smallest absolute Gasteiger partial charge is 0.0308 e. The number of rotatable bonds is 6. The van der Waals surface area contributed by atoms with Gasteiger partial charge in [-0.25, -0.2) is 0 Å². The van der Waals surface area contributed by atoms with Crippen LogP contribution in [0.2, 0.25) is 0 Å². The van der Waals surface area contributed by atoms with E-state index in [0.717, 1.165) is 18.5 Å². The normalized spacial score (nSPS) is 25.8. The summed E-state index contributed by atoms with van der Waals surface area (Å²) in [5, 5.41) is 0. The van der Waals surface area contributed by atoms with Gasteiger partial charge in [-0.3, -0.25) is 9.89 Å². The molecule has 0 aromatic heterocycles. The van der Waals surface area contributed by atoms with Gasteiger partial charge in [0, 0.05) is 25.0 Å². The molecule has 0 aliphatic heterocycles. The van der Waals surface area contributed by atoms with Gasteiger partial charge in [-0.2, -0.15) is 0 Å². The van der Waals surface area contributed by atoms with Gasteiger partial charge in [-0.1, -0.05) is 25.5 Å². The summed E-state index contributed by atoms with van der Waals surface area (Å²) in [5.74, 6) is 0.972. The topological polar surface area (TPSA) is 15.6 Å². The third-order valence-electron chi connectivity index (χ3n) is 4.22. The molecule has 0 aromatic carbocycles. The van der Waals surface area contributed by atoms with Crippen LogP contribution in [0.25, 0.3) is 0 Å². The van der Waals surface area contributed by atoms with Gasteiger partial charge in [0.15, 0.2) is 0 Å². The lowest BCUT2D eigenvalue weighted by atomic mass is 9.84. The van der Waals surface area contributed by atoms with Crippen LogP contribution in [-0.2, 0) is 0 Å². The molecule has 1 saturated carbocycles. The van der Waals surface area contributed by atoms with Crippen LogP contribution in [0.1, 0.15) is 52.9 Å². The Hall–Kier alpha value is -0.890. The van der Waals surface area contributed by atoms with E-state index in [9.17, 15) is 0 Å². The van der Waals surface area contributed by atoms with E-state index < -0.39 is 0 Å². The lowest BCUT2D eigenvalue weighted by Gasteiger charge is -2.34. The van der Waals surface area contributed by atoms with Crippen molar-refractivity contribution in [1.29, 1.82) is 0 Å². The van der Waals surface area contributed by atoms with Gasteiger partial charge in [-0.15, -0.1) is 0 Å². The predicted octanol–water partition coefficient (Wildman–Crippen LogP) is 4.44. The number of hydrogen-bond donors (Lipinski definition) is 0. The highest BCUT2D eigenvalue weighted by Crippen LogP contribution is 2.29. The van der Waals surface area contributed by atoms with Crippen molar-refractivity contribution >= 4 is 6.21 Å². The molecule has 1 rings (SSSR count). The first-order valence-corrected chi connectivity index (χ1v) is 7.71. The van der Waals surface area contributed by atoms with Crippen molar-refractivity contribution in [2.45, 2.75) is 58.9 Å². The van der Waals surface area contributed by atoms with Crippen LogP contribution in [0.4, 0.5) is 0 Å². The summed E-state index contributed by atoms with van der Waals surface area (Å²) < 4.78 is 0. The highest BCUT2D eigenvalue weighted by Gasteiger charge is 2.22. The zero-order valence-electron chi connectivity index (χ0n) is 13.1. The second-order valence-electron chi connectivity index (χ2n) is 5.61. The molecule has 0 spiro atoms. The highest BCUT2D eigenvalue weighted by atomic mass is 15.1. The molecule has 0 bridgehead atoms. The molecular weight excluding hydrogens is 232 g/mol. The maximum atomic E-state index is 4.25. The molecule has 108 valence electrons. The van der Waals surface area contributed by atoms with Crippen LogP contribution in [0.3, 0.4) is 0 Å². The number of allylic oxidation sites excluding steroid dienone is 1. The summed E-state index contributed by atoms with van der Waals surface area (Å²) in [7, 11) is 2.25. The molecular formula is C17H30N2. The fourth-order valence-electron chi connectivity index (χ4n) is 2.93. The zero-order chi connectivity index (χ0) is 14.1. The molecule has 19 heavy (non-hydrogen) atoms. The van der Waals surface area contributed by atoms with Gasteiger partial charge in [0.25, 0.3) is 0 Å². The molecule has 0 atom stereocenters. The molecule has 2 nitrogen and oxygen atoms in total. The fraction of sp³-hybridized carbons (Fsp3) is 0.706. The van der Waals surface area contributed by atoms with Crippen molar-refractivity contribution in [3.63, 3.8) is 0 Å². The quantitative estimate of drug-likeness (QED) is 0.510. The molecule has 0 radical (unpaired) electrons. The van der Waals surface area contributed by atoms with Crippen LogP contribution in [0.15, 0.2) is 28.9 Å². The van der Waals surface area contributed by atoms with Crippen LogP contribution in [-0.4, -0.2) is 30.7 Å². The minimum absolute atomic E-state index is 0.752. The molecule has 0 amide bonds. The first-order chi connectivity index (χ1) is 9.21. The van der Waals surface area contributed by atoms with Crippen LogP contribution in [0, 0.1) is 5.92 Å². The Labute approximate surface area is 119 Å². The molecule has 1 aliphatic rings. The SMILES string of the molecule is CC=N/C=C(\C=C/C)CN(C)C1CCC(CC)CC1. The zero-order valence-corrected chi connectivity index (χ0v) is 13.1. The molecule has 0 aromatic rings. The summed E-state index contributed by atoms with van der Waals surface area (Å²) in [5.41, 5.74) is 1.29. The number of nitrogens with zero attached hydrogens (tertiary/aromatic N) is 2. The fourth-order valence-corrected chi connectivity index (χ4v) is 2.93. The van der Waals surface area contributed by atoms with E-state index in [0.29, 0.717) is 0 Å². The van der Waals surface area contributed by atoms with Gasteiger partial charge in [0.05, 0.1) is 0 Å². The van der Waals surface area contributed by atoms with E-state index >= 15 is 0 Å². The average Bonchev–Trinajstić information content (AvgIpc) is 2.45. The summed E-state index contributed by atoms with van der Waals surface area (Å²) in [6, 6.07) is 0.752. The third kappa shape index (κ3) is 5.73. The van der Waals surface area contributed by atoms with E-state index in [1.165, 1.54) is 37.7 Å². The number of aliphatic imine (C=N–C) groups is 1. The molecule has 0 heterocycles. The highest BCUT2D eigenvalue weighted by molar-refractivity contribution is 5.54. The average molecular weight is 262 g/mol. The Balaban J connectivity index is 2.50. The van der Waals surface area contributed by atoms with Crippen molar-refractivity contribution in [3.05, 3.63) is 23.9 Å². The largest absolute Gasteiger partial charge is 0.299 e. The van der Waals surface area contributed by atoms with E-state index in [1.54, 1.807) is 0 Å². The Morgan fingerprint density at radius 3 is 2.42 bits per heavy atom. The van der Waals surface area contributed by atoms with Crippen molar-refractivity contribution in [2.75, 3.05) is 13.6 Å². The molecule has 2 heteroatoms. The van der Waals surface area contributed by atoms with Crippen molar-refractivity contribution < 1.29 is 0 Å². The lowest BCUT2D eigenvalue weighted by Crippen LogP contribution is -2.36. The minimum atomic E-state index is 0.752. The first-order valence-electron chi connectivity index (χ1n) is 7.71. The van der Waals surface area contributed by atoms with Crippen molar-refractivity contribution in [2.24, 2.45) is 10.9 Å². The summed E-state index contributed by atoms with van der Waals surface area (Å²) in [6.45, 7) is 7.35. The third-order valence-corrected chi connectivity index (χ3v) is 4.22. The summed E-state index contributed by atoms with van der Waals surface area (Å²) >= 11 is 0. The Kier molecular flexibility index (Phi) is 7.73. The molecule has 0 unspecified atom stereocenters. The maximum Gasteiger partial charge on any atom is 0.0308 e. The lowest BCUT2D eigenvalue weighted by molar-refractivity contribution is 0.175. The molecule has 1 fully saturated rings. The van der Waals surface area contributed by atoms with Crippen molar-refractivity contribution in [1.82, 2.24) is 4.90 Å². The van der Waals surface area contributed by atoms with Gasteiger partial charge in [-0.05, 0) is 58.1 Å². The summed E-state index contributed by atoms with van der Waals surface area (Å²) in [4.78, 5) is 6.75.